The van der Waals surface area contributed by atoms with Crippen molar-refractivity contribution in [1.82, 2.24) is 10.3 Å². The lowest BCUT2D eigenvalue weighted by Gasteiger charge is -1.89. The summed E-state index contributed by atoms with van der Waals surface area (Å²) in [4.78, 5) is 14.7. The highest BCUT2D eigenvalue weighted by atomic mass is 32.1. The maximum Gasteiger partial charge on any atom is 0.251 e. The van der Waals surface area contributed by atoms with E-state index in [9.17, 15) is 4.79 Å². The number of hydrogen-bond acceptors (Lipinski definition) is 3. The lowest BCUT2D eigenvalue weighted by Crippen LogP contribution is -2.12. The Morgan fingerprint density at radius 2 is 2.20 bits per heavy atom. The molecule has 76 valence electrons. The third kappa shape index (κ3) is 2.41. The molecule has 1 aromatic carbocycles. The lowest BCUT2D eigenvalue weighted by atomic mass is 10.1. The Morgan fingerprint density at radius 1 is 1.33 bits per heavy atom. The molecule has 2 heterocycles. The highest BCUT2D eigenvalue weighted by molar-refractivity contribution is 7.07. The monoisotopic (exact) mass is 218 g/mol. The standard InChI is InChI=1S/C8H7NO.C3H3NS/c10-8-7-4-2-1-3-6(7)5-9-8;1-2-5-3-4-1/h1-4H,5H2,(H,9,10);1-3H. The summed E-state index contributed by atoms with van der Waals surface area (Å²) >= 11 is 1.60. The fourth-order valence-corrected chi connectivity index (χ4v) is 1.69. The molecule has 0 aliphatic carbocycles. The van der Waals surface area contributed by atoms with Gasteiger partial charge in [-0.3, -0.25) is 9.78 Å². The average molecular weight is 218 g/mol. The van der Waals surface area contributed by atoms with E-state index in [-0.39, 0.29) is 5.91 Å². The number of carbonyl (C=O) groups is 1. The topological polar surface area (TPSA) is 42.0 Å². The maximum atomic E-state index is 11.0. The van der Waals surface area contributed by atoms with Crippen LogP contribution in [0.4, 0.5) is 0 Å². The van der Waals surface area contributed by atoms with E-state index in [4.69, 9.17) is 0 Å². The van der Waals surface area contributed by atoms with E-state index in [1.807, 2.05) is 29.6 Å². The predicted molar refractivity (Wildman–Crippen MR) is 59.7 cm³/mol. The van der Waals surface area contributed by atoms with Crippen molar-refractivity contribution in [3.8, 4) is 0 Å². The van der Waals surface area contributed by atoms with Crippen molar-refractivity contribution < 1.29 is 4.79 Å². The smallest absolute Gasteiger partial charge is 0.251 e. The summed E-state index contributed by atoms with van der Waals surface area (Å²) in [5.74, 6) is 0.0515. The van der Waals surface area contributed by atoms with Gasteiger partial charge in [0.15, 0.2) is 0 Å². The van der Waals surface area contributed by atoms with Gasteiger partial charge in [0.25, 0.3) is 5.91 Å². The number of aromatic nitrogens is 1. The van der Waals surface area contributed by atoms with Gasteiger partial charge >= 0.3 is 0 Å². The molecular weight excluding hydrogens is 208 g/mol. The van der Waals surface area contributed by atoms with Gasteiger partial charge < -0.3 is 5.32 Å². The minimum absolute atomic E-state index is 0.0515. The number of nitrogens with one attached hydrogen (secondary N) is 1. The lowest BCUT2D eigenvalue weighted by molar-refractivity contribution is 0.0966. The molecule has 0 atom stereocenters. The maximum absolute atomic E-state index is 11.0. The molecule has 1 N–H and O–H groups in total. The summed E-state index contributed by atoms with van der Waals surface area (Å²) in [5.41, 5.74) is 3.72. The number of nitrogens with zero attached hydrogens (tertiary/aromatic N) is 1. The number of hydrogen-bond donors (Lipinski definition) is 1. The highest BCUT2D eigenvalue weighted by Gasteiger charge is 2.16. The van der Waals surface area contributed by atoms with E-state index in [0.717, 1.165) is 11.1 Å². The summed E-state index contributed by atoms with van der Waals surface area (Å²) in [6.07, 6.45) is 1.77. The summed E-state index contributed by atoms with van der Waals surface area (Å²) < 4.78 is 0. The van der Waals surface area contributed by atoms with Gasteiger partial charge in [-0.05, 0) is 11.6 Å². The van der Waals surface area contributed by atoms with E-state index in [2.05, 4.69) is 10.3 Å². The summed E-state index contributed by atoms with van der Waals surface area (Å²) in [6, 6.07) is 7.63. The second-order valence-electron chi connectivity index (χ2n) is 3.02. The first-order valence-electron chi connectivity index (χ1n) is 4.56. The molecule has 3 rings (SSSR count). The first-order chi connectivity index (χ1) is 7.38. The van der Waals surface area contributed by atoms with Gasteiger partial charge in [-0.25, -0.2) is 0 Å². The normalized spacial score (nSPS) is 12.4. The number of carbonyl (C=O) groups excluding carboxylic acids is 1. The average Bonchev–Trinajstić information content (AvgIpc) is 2.92. The molecular formula is C11H10N2OS. The van der Waals surface area contributed by atoms with Crippen molar-refractivity contribution >= 4 is 17.2 Å². The van der Waals surface area contributed by atoms with E-state index in [1.165, 1.54) is 0 Å². The van der Waals surface area contributed by atoms with Gasteiger partial charge in [0, 0.05) is 23.7 Å². The molecule has 1 aliphatic rings. The molecule has 0 bridgehead atoms. The van der Waals surface area contributed by atoms with Crippen molar-refractivity contribution in [2.45, 2.75) is 6.54 Å². The molecule has 0 unspecified atom stereocenters. The number of fused-ring (bicyclic) bond motifs is 1. The zero-order valence-corrected chi connectivity index (χ0v) is 8.83. The van der Waals surface area contributed by atoms with Crippen LogP contribution in [-0.4, -0.2) is 10.9 Å². The molecule has 0 fully saturated rings. The minimum Gasteiger partial charge on any atom is -0.348 e. The van der Waals surface area contributed by atoms with Gasteiger partial charge in [-0.15, -0.1) is 11.3 Å². The first-order valence-corrected chi connectivity index (χ1v) is 5.50. The van der Waals surface area contributed by atoms with Crippen molar-refractivity contribution in [2.24, 2.45) is 0 Å². The molecule has 4 heteroatoms. The SMILES string of the molecule is O=C1NCc2ccccc21.c1cscn1. The number of amides is 1. The Balaban J connectivity index is 0.000000144. The Labute approximate surface area is 91.8 Å². The number of benzene rings is 1. The number of rotatable bonds is 0. The molecule has 0 saturated carbocycles. The van der Waals surface area contributed by atoms with E-state index < -0.39 is 0 Å². The largest absolute Gasteiger partial charge is 0.348 e. The summed E-state index contributed by atoms with van der Waals surface area (Å²) in [6.45, 7) is 0.689. The van der Waals surface area contributed by atoms with Gasteiger partial charge in [-0.1, -0.05) is 18.2 Å². The first kappa shape index (κ1) is 9.86. The fraction of sp³-hybridized carbons (Fsp3) is 0.0909. The molecule has 2 aromatic rings. The Bertz CT molecular complexity index is 422. The molecule has 3 nitrogen and oxygen atoms in total. The van der Waals surface area contributed by atoms with Gasteiger partial charge in [0.1, 0.15) is 0 Å². The number of thiazole rings is 1. The van der Waals surface area contributed by atoms with Crippen LogP contribution >= 0.6 is 11.3 Å². The molecule has 0 radical (unpaired) electrons. The van der Waals surface area contributed by atoms with Crippen molar-refractivity contribution in [2.75, 3.05) is 0 Å². The van der Waals surface area contributed by atoms with Crippen LogP contribution < -0.4 is 5.32 Å². The third-order valence-electron chi connectivity index (χ3n) is 2.05. The zero-order valence-electron chi connectivity index (χ0n) is 8.01. The quantitative estimate of drug-likeness (QED) is 0.735. The van der Waals surface area contributed by atoms with Crippen LogP contribution in [0.15, 0.2) is 41.4 Å². The Morgan fingerprint density at radius 3 is 2.80 bits per heavy atom. The summed E-state index contributed by atoms with van der Waals surface area (Å²) in [5, 5.41) is 4.68. The van der Waals surface area contributed by atoms with Crippen LogP contribution in [0.1, 0.15) is 15.9 Å². The van der Waals surface area contributed by atoms with Crippen molar-refractivity contribution in [3.05, 3.63) is 52.5 Å². The van der Waals surface area contributed by atoms with E-state index in [1.54, 1.807) is 23.0 Å². The molecule has 15 heavy (non-hydrogen) atoms. The van der Waals surface area contributed by atoms with Crippen molar-refractivity contribution in [3.63, 3.8) is 0 Å². The second kappa shape index (κ2) is 4.70. The second-order valence-corrected chi connectivity index (χ2v) is 3.77. The van der Waals surface area contributed by atoms with Gasteiger partial charge in [-0.2, -0.15) is 0 Å². The molecule has 0 saturated heterocycles. The van der Waals surface area contributed by atoms with Crippen LogP contribution in [0.3, 0.4) is 0 Å². The van der Waals surface area contributed by atoms with Gasteiger partial charge in [0.05, 0.1) is 5.51 Å². The minimum atomic E-state index is 0.0515. The van der Waals surface area contributed by atoms with E-state index >= 15 is 0 Å². The van der Waals surface area contributed by atoms with Crippen LogP contribution in [0, 0.1) is 0 Å². The molecule has 0 spiro atoms. The molecule has 1 amide bonds. The van der Waals surface area contributed by atoms with Crippen LogP contribution in [0.25, 0.3) is 0 Å². The van der Waals surface area contributed by atoms with E-state index in [0.29, 0.717) is 6.54 Å². The third-order valence-corrected chi connectivity index (χ3v) is 2.57. The van der Waals surface area contributed by atoms with Crippen LogP contribution in [0.2, 0.25) is 0 Å². The summed E-state index contributed by atoms with van der Waals surface area (Å²) in [7, 11) is 0. The van der Waals surface area contributed by atoms with Gasteiger partial charge in [0.2, 0.25) is 0 Å². The van der Waals surface area contributed by atoms with Crippen LogP contribution in [0.5, 0.6) is 0 Å². The highest BCUT2D eigenvalue weighted by Crippen LogP contribution is 2.13. The molecule has 1 aromatic heterocycles. The Hall–Kier alpha value is -1.68. The van der Waals surface area contributed by atoms with Crippen molar-refractivity contribution in [1.29, 1.82) is 0 Å². The predicted octanol–water partition coefficient (Wildman–Crippen LogP) is 2.07. The zero-order chi connectivity index (χ0) is 10.5. The molecule has 1 aliphatic heterocycles. The Kier molecular flexibility index (Phi) is 3.09. The fourth-order valence-electron chi connectivity index (χ4n) is 1.34. The van der Waals surface area contributed by atoms with Crippen LogP contribution in [-0.2, 0) is 6.54 Å².